The van der Waals surface area contributed by atoms with E-state index in [2.05, 4.69) is 54.6 Å². The van der Waals surface area contributed by atoms with E-state index in [4.69, 9.17) is 4.74 Å². The molecule has 0 unspecified atom stereocenters. The molecule has 1 radical (unpaired) electrons. The standard InChI is InChI=1S/C23H19O/c1-3-8-18(9-4-1)17-24-21-14-15-23-20(16-21)12-7-13-22(23)19-10-5-2-6-11-19/h1,3-6,8-11,13-16H,7,12,17H2. The van der Waals surface area contributed by atoms with E-state index in [9.17, 15) is 0 Å². The van der Waals surface area contributed by atoms with Crippen molar-refractivity contribution in [3.8, 4) is 5.75 Å². The van der Waals surface area contributed by atoms with Crippen molar-refractivity contribution in [1.29, 1.82) is 0 Å². The molecular formula is C23H19O. The number of allylic oxidation sites excluding steroid dienone is 1. The number of benzene rings is 3. The number of ether oxygens (including phenoxy) is 1. The Balaban J connectivity index is 1.57. The Kier molecular flexibility index (Phi) is 4.16. The third-order valence-corrected chi connectivity index (χ3v) is 4.41. The molecule has 4 rings (SSSR count). The summed E-state index contributed by atoms with van der Waals surface area (Å²) in [5.74, 6) is 0.945. The van der Waals surface area contributed by atoms with Gasteiger partial charge in [-0.3, -0.25) is 0 Å². The highest BCUT2D eigenvalue weighted by molar-refractivity contribution is 5.82. The Morgan fingerprint density at radius 3 is 2.58 bits per heavy atom. The van der Waals surface area contributed by atoms with Crippen molar-refractivity contribution in [3.05, 3.63) is 107 Å². The number of hydrogen-bond donors (Lipinski definition) is 0. The van der Waals surface area contributed by atoms with E-state index < -0.39 is 0 Å². The van der Waals surface area contributed by atoms with Crippen LogP contribution in [-0.4, -0.2) is 0 Å². The maximum Gasteiger partial charge on any atom is 0.120 e. The molecule has 0 amide bonds. The molecule has 0 N–H and O–H groups in total. The van der Waals surface area contributed by atoms with E-state index in [0.717, 1.165) is 18.6 Å². The fourth-order valence-corrected chi connectivity index (χ4v) is 3.19. The van der Waals surface area contributed by atoms with Crippen molar-refractivity contribution in [1.82, 2.24) is 0 Å². The van der Waals surface area contributed by atoms with Crippen molar-refractivity contribution in [2.75, 3.05) is 0 Å². The maximum absolute atomic E-state index is 5.97. The van der Waals surface area contributed by atoms with E-state index in [0.29, 0.717) is 6.61 Å². The minimum atomic E-state index is 0.608. The zero-order valence-electron chi connectivity index (χ0n) is 13.5. The van der Waals surface area contributed by atoms with E-state index in [1.807, 2.05) is 30.3 Å². The third-order valence-electron chi connectivity index (χ3n) is 4.41. The Morgan fingerprint density at radius 2 is 1.75 bits per heavy atom. The van der Waals surface area contributed by atoms with Gasteiger partial charge in [0.2, 0.25) is 0 Å². The molecule has 0 saturated carbocycles. The van der Waals surface area contributed by atoms with Gasteiger partial charge in [0.05, 0.1) is 0 Å². The number of fused-ring (bicyclic) bond motifs is 1. The second-order valence-electron chi connectivity index (χ2n) is 6.04. The predicted molar refractivity (Wildman–Crippen MR) is 97.9 cm³/mol. The molecule has 0 bridgehead atoms. The quantitative estimate of drug-likeness (QED) is 0.623. The second kappa shape index (κ2) is 6.76. The van der Waals surface area contributed by atoms with Crippen LogP contribution in [0.3, 0.4) is 0 Å². The van der Waals surface area contributed by atoms with Crippen LogP contribution in [-0.2, 0) is 13.0 Å². The first kappa shape index (κ1) is 14.8. The van der Waals surface area contributed by atoms with E-state index in [1.54, 1.807) is 0 Å². The molecule has 0 aromatic heterocycles. The molecular weight excluding hydrogens is 292 g/mol. The first-order chi connectivity index (χ1) is 11.9. The predicted octanol–water partition coefficient (Wildman–Crippen LogP) is 5.44. The molecule has 0 saturated heterocycles. The Hall–Kier alpha value is -2.80. The van der Waals surface area contributed by atoms with Gasteiger partial charge >= 0.3 is 0 Å². The summed E-state index contributed by atoms with van der Waals surface area (Å²) in [6, 6.07) is 28.0. The average Bonchev–Trinajstić information content (AvgIpc) is 2.67. The Morgan fingerprint density at radius 1 is 0.917 bits per heavy atom. The van der Waals surface area contributed by atoms with Crippen LogP contribution in [0.1, 0.15) is 28.7 Å². The lowest BCUT2D eigenvalue weighted by molar-refractivity contribution is 0.306. The van der Waals surface area contributed by atoms with Gasteiger partial charge in [-0.15, -0.1) is 0 Å². The summed E-state index contributed by atoms with van der Waals surface area (Å²) in [6.07, 6.45) is 4.48. The van der Waals surface area contributed by atoms with E-state index in [-0.39, 0.29) is 0 Å². The highest BCUT2D eigenvalue weighted by atomic mass is 16.5. The smallest absolute Gasteiger partial charge is 0.120 e. The first-order valence-electron chi connectivity index (χ1n) is 8.37. The van der Waals surface area contributed by atoms with Gasteiger partial charge in [-0.05, 0) is 58.9 Å². The van der Waals surface area contributed by atoms with Crippen LogP contribution in [0.5, 0.6) is 5.75 Å². The zero-order valence-corrected chi connectivity index (χ0v) is 13.5. The minimum Gasteiger partial charge on any atom is -0.489 e. The summed E-state index contributed by atoms with van der Waals surface area (Å²) >= 11 is 0. The van der Waals surface area contributed by atoms with Gasteiger partial charge in [-0.2, -0.15) is 0 Å². The van der Waals surface area contributed by atoms with Crippen molar-refractivity contribution in [2.24, 2.45) is 0 Å². The van der Waals surface area contributed by atoms with Gasteiger partial charge in [0.15, 0.2) is 0 Å². The average molecular weight is 311 g/mol. The monoisotopic (exact) mass is 311 g/mol. The molecule has 1 aliphatic rings. The van der Waals surface area contributed by atoms with Crippen LogP contribution in [0.2, 0.25) is 0 Å². The Labute approximate surface area is 143 Å². The molecule has 3 aromatic rings. The van der Waals surface area contributed by atoms with Gasteiger partial charge in [0, 0.05) is 0 Å². The first-order valence-corrected chi connectivity index (χ1v) is 8.37. The lowest BCUT2D eigenvalue weighted by atomic mass is 9.87. The molecule has 1 heteroatoms. The molecule has 117 valence electrons. The van der Waals surface area contributed by atoms with Gasteiger partial charge < -0.3 is 4.74 Å². The van der Waals surface area contributed by atoms with Crippen molar-refractivity contribution >= 4 is 5.57 Å². The van der Waals surface area contributed by atoms with Crippen molar-refractivity contribution in [3.63, 3.8) is 0 Å². The second-order valence-corrected chi connectivity index (χ2v) is 6.04. The van der Waals surface area contributed by atoms with Crippen LogP contribution < -0.4 is 4.74 Å². The van der Waals surface area contributed by atoms with E-state index >= 15 is 0 Å². The summed E-state index contributed by atoms with van der Waals surface area (Å²) in [5, 5.41) is 0. The summed E-state index contributed by atoms with van der Waals surface area (Å²) in [6.45, 7) is 0.608. The largest absolute Gasteiger partial charge is 0.489 e. The topological polar surface area (TPSA) is 9.23 Å². The van der Waals surface area contributed by atoms with Crippen LogP contribution >= 0.6 is 0 Å². The molecule has 0 atom stereocenters. The minimum absolute atomic E-state index is 0.608. The summed E-state index contributed by atoms with van der Waals surface area (Å²) in [7, 11) is 0. The molecule has 0 aliphatic heterocycles. The molecule has 0 fully saturated rings. The van der Waals surface area contributed by atoms with Gasteiger partial charge in [-0.1, -0.05) is 66.7 Å². The Bertz CT molecular complexity index is 848. The van der Waals surface area contributed by atoms with Crippen LogP contribution in [0.15, 0.2) is 78.9 Å². The lowest BCUT2D eigenvalue weighted by Gasteiger charge is -2.19. The van der Waals surface area contributed by atoms with Gasteiger partial charge in [0.25, 0.3) is 0 Å². The molecule has 24 heavy (non-hydrogen) atoms. The SMILES string of the molecule is [c]1ccc(C2=CCCc3cc(OCc4ccccc4)ccc32)cc1. The maximum atomic E-state index is 5.97. The van der Waals surface area contributed by atoms with Crippen LogP contribution in [0, 0.1) is 6.07 Å². The fourth-order valence-electron chi connectivity index (χ4n) is 3.19. The van der Waals surface area contributed by atoms with Crippen molar-refractivity contribution < 1.29 is 4.74 Å². The fraction of sp³-hybridized carbons (Fsp3) is 0.130. The van der Waals surface area contributed by atoms with Crippen LogP contribution in [0.4, 0.5) is 0 Å². The summed E-state index contributed by atoms with van der Waals surface area (Å²) in [4.78, 5) is 0. The molecule has 3 aromatic carbocycles. The highest BCUT2D eigenvalue weighted by Crippen LogP contribution is 2.33. The molecule has 1 aliphatic carbocycles. The lowest BCUT2D eigenvalue weighted by Crippen LogP contribution is -2.02. The van der Waals surface area contributed by atoms with Crippen LogP contribution in [0.25, 0.3) is 5.57 Å². The number of hydrogen-bond acceptors (Lipinski definition) is 1. The van der Waals surface area contributed by atoms with Gasteiger partial charge in [-0.25, -0.2) is 0 Å². The van der Waals surface area contributed by atoms with E-state index in [1.165, 1.54) is 27.8 Å². The molecule has 0 spiro atoms. The highest BCUT2D eigenvalue weighted by Gasteiger charge is 2.14. The normalized spacial score (nSPS) is 13.1. The van der Waals surface area contributed by atoms with Gasteiger partial charge in [0.1, 0.15) is 12.4 Å². The summed E-state index contributed by atoms with van der Waals surface area (Å²) in [5.41, 5.74) is 6.45. The molecule has 1 nitrogen and oxygen atoms in total. The number of aryl methyl sites for hydroxylation is 1. The number of rotatable bonds is 4. The third kappa shape index (κ3) is 3.11. The molecule has 0 heterocycles. The zero-order chi connectivity index (χ0) is 16.2. The van der Waals surface area contributed by atoms with Crippen molar-refractivity contribution in [2.45, 2.75) is 19.4 Å². The summed E-state index contributed by atoms with van der Waals surface area (Å²) < 4.78 is 5.97.